The number of hydrogen-bond acceptors (Lipinski definition) is 1. The highest BCUT2D eigenvalue weighted by atomic mass is 28.2. The Kier molecular flexibility index (Phi) is 3.78. The van der Waals surface area contributed by atoms with E-state index in [0.29, 0.717) is 0 Å². The molecule has 0 aromatic carbocycles. The normalized spacial score (nSPS) is 21.5. The van der Waals surface area contributed by atoms with Gasteiger partial charge in [-0.1, -0.05) is 32.1 Å². The lowest BCUT2D eigenvalue weighted by atomic mass is 9.82. The molecule has 1 aliphatic rings. The average Bonchev–Trinajstić information content (AvgIpc) is 2.06. The Balaban J connectivity index is 2.28. The lowest BCUT2D eigenvalue weighted by molar-refractivity contribution is 0.0815. The highest BCUT2D eigenvalue weighted by Crippen LogP contribution is 2.31. The van der Waals surface area contributed by atoms with E-state index in [1.54, 1.807) is 0 Å². The fourth-order valence-electron chi connectivity index (χ4n) is 2.17. The highest BCUT2D eigenvalue weighted by Gasteiger charge is 2.23. The lowest BCUT2D eigenvalue weighted by Crippen LogP contribution is -2.27. The molecule has 0 aliphatic heterocycles. The fraction of sp³-hybridized carbons (Fsp3) is 1.00. The molecule has 1 aliphatic carbocycles. The van der Waals surface area contributed by atoms with Crippen molar-refractivity contribution in [3.05, 3.63) is 0 Å². The quantitative estimate of drug-likeness (QED) is 0.613. The van der Waals surface area contributed by atoms with Gasteiger partial charge in [-0.3, -0.25) is 0 Å². The first-order chi connectivity index (χ1) is 5.64. The van der Waals surface area contributed by atoms with Crippen LogP contribution in [0.3, 0.4) is 0 Å². The first-order valence-corrected chi connectivity index (χ1v) is 6.01. The molecule has 0 amide bonds. The predicted octanol–water partition coefficient (Wildman–Crippen LogP) is 2.03. The Morgan fingerprint density at radius 1 is 1.25 bits per heavy atom. The molecule has 1 saturated carbocycles. The fourth-order valence-corrected chi connectivity index (χ4v) is 2.34. The van der Waals surface area contributed by atoms with Crippen molar-refractivity contribution in [3.8, 4) is 0 Å². The summed E-state index contributed by atoms with van der Waals surface area (Å²) < 4.78 is 5.58. The summed E-state index contributed by atoms with van der Waals surface area (Å²) in [4.78, 5) is 0. The Bertz CT molecular complexity index is 128. The van der Waals surface area contributed by atoms with Crippen LogP contribution in [0.4, 0.5) is 0 Å². The minimum Gasteiger partial charge on any atom is -0.423 e. The van der Waals surface area contributed by atoms with Gasteiger partial charge in [0.2, 0.25) is 0 Å². The van der Waals surface area contributed by atoms with Gasteiger partial charge in [-0.05, 0) is 26.2 Å². The van der Waals surface area contributed by atoms with E-state index < -0.39 is 0 Å². The zero-order valence-electron chi connectivity index (χ0n) is 8.73. The smallest absolute Gasteiger partial charge is 0.146 e. The van der Waals surface area contributed by atoms with Crippen LogP contribution >= 0.6 is 0 Å². The first kappa shape index (κ1) is 10.3. The van der Waals surface area contributed by atoms with Crippen molar-refractivity contribution < 1.29 is 4.43 Å². The van der Waals surface area contributed by atoms with Gasteiger partial charge in [0.25, 0.3) is 0 Å². The van der Waals surface area contributed by atoms with E-state index in [2.05, 4.69) is 13.8 Å². The van der Waals surface area contributed by atoms with Crippen LogP contribution in [-0.4, -0.2) is 16.1 Å². The summed E-state index contributed by atoms with van der Waals surface area (Å²) in [7, 11) is 0.877. The van der Waals surface area contributed by atoms with Gasteiger partial charge in [-0.15, -0.1) is 0 Å². The van der Waals surface area contributed by atoms with Gasteiger partial charge < -0.3 is 4.43 Å². The van der Waals surface area contributed by atoms with Crippen molar-refractivity contribution in [2.45, 2.75) is 58.0 Å². The van der Waals surface area contributed by atoms with Crippen molar-refractivity contribution in [1.29, 1.82) is 0 Å². The summed E-state index contributed by atoms with van der Waals surface area (Å²) in [6.45, 7) is 4.46. The Hall–Kier alpha value is 0.177. The Labute approximate surface area is 79.4 Å². The number of rotatable bonds is 3. The Morgan fingerprint density at radius 2 is 1.83 bits per heavy atom. The molecule has 72 valence electrons. The van der Waals surface area contributed by atoms with Crippen LogP contribution in [0.25, 0.3) is 0 Å². The van der Waals surface area contributed by atoms with Gasteiger partial charge >= 0.3 is 0 Å². The molecule has 0 radical (unpaired) electrons. The van der Waals surface area contributed by atoms with E-state index in [0.717, 1.165) is 16.4 Å². The second-order valence-corrected chi connectivity index (χ2v) is 5.08. The van der Waals surface area contributed by atoms with Crippen LogP contribution in [-0.2, 0) is 4.43 Å². The van der Waals surface area contributed by atoms with E-state index in [9.17, 15) is 0 Å². The molecule has 0 aromatic heterocycles. The zero-order valence-corrected chi connectivity index (χ0v) is 10.7. The van der Waals surface area contributed by atoms with Crippen LogP contribution in [0.5, 0.6) is 0 Å². The lowest BCUT2D eigenvalue weighted by Gasteiger charge is -2.31. The average molecular weight is 186 g/mol. The molecule has 0 N–H and O–H groups in total. The monoisotopic (exact) mass is 186 g/mol. The van der Waals surface area contributed by atoms with Crippen LogP contribution < -0.4 is 0 Å². The summed E-state index contributed by atoms with van der Waals surface area (Å²) in [5.41, 5.74) is 0.161. The molecule has 12 heavy (non-hydrogen) atoms. The SMILES string of the molecule is CC(C)(CC1CCCCC1)O[SiH3]. The van der Waals surface area contributed by atoms with Gasteiger partial charge in [0.1, 0.15) is 10.5 Å². The van der Waals surface area contributed by atoms with Crippen molar-refractivity contribution in [3.63, 3.8) is 0 Å². The molecule has 1 rings (SSSR count). The third kappa shape index (κ3) is 3.28. The van der Waals surface area contributed by atoms with Crippen LogP contribution in [0.15, 0.2) is 0 Å². The van der Waals surface area contributed by atoms with Crippen molar-refractivity contribution in [2.24, 2.45) is 5.92 Å². The summed E-state index contributed by atoms with van der Waals surface area (Å²) in [5.74, 6) is 0.947. The molecular formula is C10H22OSi. The largest absolute Gasteiger partial charge is 0.423 e. The molecule has 0 saturated heterocycles. The maximum absolute atomic E-state index is 5.58. The first-order valence-electron chi connectivity index (χ1n) is 5.19. The Morgan fingerprint density at radius 3 is 2.33 bits per heavy atom. The maximum atomic E-state index is 5.58. The van der Waals surface area contributed by atoms with Gasteiger partial charge in [0.05, 0.1) is 0 Å². The van der Waals surface area contributed by atoms with Gasteiger partial charge in [-0.25, -0.2) is 0 Å². The molecule has 0 spiro atoms. The van der Waals surface area contributed by atoms with E-state index >= 15 is 0 Å². The standard InChI is InChI=1S/C10H22OSi/c1-10(2,11-12)8-9-6-4-3-5-7-9/h9H,3-8H2,1-2,12H3. The van der Waals surface area contributed by atoms with Crippen LogP contribution in [0, 0.1) is 5.92 Å². The highest BCUT2D eigenvalue weighted by molar-refractivity contribution is 5.98. The zero-order chi connectivity index (χ0) is 9.03. The van der Waals surface area contributed by atoms with Gasteiger partial charge in [-0.2, -0.15) is 0 Å². The molecule has 0 heterocycles. The van der Waals surface area contributed by atoms with Gasteiger partial charge in [0.15, 0.2) is 0 Å². The van der Waals surface area contributed by atoms with Crippen LogP contribution in [0.1, 0.15) is 52.4 Å². The predicted molar refractivity (Wildman–Crippen MR) is 56.3 cm³/mol. The maximum Gasteiger partial charge on any atom is 0.146 e. The molecule has 1 fully saturated rings. The van der Waals surface area contributed by atoms with E-state index in [1.165, 1.54) is 38.5 Å². The summed E-state index contributed by atoms with van der Waals surface area (Å²) in [6.07, 6.45) is 8.50. The van der Waals surface area contributed by atoms with E-state index in [-0.39, 0.29) is 5.60 Å². The number of hydrogen-bond donors (Lipinski definition) is 0. The molecule has 0 atom stereocenters. The van der Waals surface area contributed by atoms with Crippen molar-refractivity contribution in [1.82, 2.24) is 0 Å². The summed E-state index contributed by atoms with van der Waals surface area (Å²) in [5, 5.41) is 0. The second kappa shape index (κ2) is 4.42. The summed E-state index contributed by atoms with van der Waals surface area (Å²) >= 11 is 0. The molecule has 1 nitrogen and oxygen atoms in total. The van der Waals surface area contributed by atoms with E-state index in [1.807, 2.05) is 0 Å². The minimum atomic E-state index is 0.161. The molecular weight excluding hydrogens is 164 g/mol. The van der Waals surface area contributed by atoms with Gasteiger partial charge in [0, 0.05) is 5.60 Å². The van der Waals surface area contributed by atoms with Crippen LogP contribution in [0.2, 0.25) is 0 Å². The molecule has 0 unspecified atom stereocenters. The molecule has 0 aromatic rings. The van der Waals surface area contributed by atoms with E-state index in [4.69, 9.17) is 4.43 Å². The van der Waals surface area contributed by atoms with Crippen molar-refractivity contribution in [2.75, 3.05) is 0 Å². The minimum absolute atomic E-state index is 0.161. The summed E-state index contributed by atoms with van der Waals surface area (Å²) in [6, 6.07) is 0. The topological polar surface area (TPSA) is 9.23 Å². The third-order valence-electron chi connectivity index (χ3n) is 3.06. The molecule has 0 bridgehead atoms. The van der Waals surface area contributed by atoms with Crippen molar-refractivity contribution >= 4 is 10.5 Å². The molecule has 2 heteroatoms. The third-order valence-corrected chi connectivity index (χ3v) is 4.16. The second-order valence-electron chi connectivity index (χ2n) is 4.67.